The summed E-state index contributed by atoms with van der Waals surface area (Å²) < 4.78 is 1.80. The van der Waals surface area contributed by atoms with Gasteiger partial charge in [-0.25, -0.2) is 0 Å². The Morgan fingerprint density at radius 1 is 1.62 bits per heavy atom. The predicted octanol–water partition coefficient (Wildman–Crippen LogP) is 1.86. The first kappa shape index (κ1) is 10.3. The van der Waals surface area contributed by atoms with Crippen LogP contribution in [0.25, 0.3) is 0 Å². The fourth-order valence-electron chi connectivity index (χ4n) is 1.58. The summed E-state index contributed by atoms with van der Waals surface area (Å²) in [5.41, 5.74) is 7.23. The van der Waals surface area contributed by atoms with Crippen molar-refractivity contribution in [2.75, 3.05) is 0 Å². The summed E-state index contributed by atoms with van der Waals surface area (Å²) in [6, 6.07) is 0.133. The molecule has 2 N–H and O–H groups in total. The number of nitrogens with zero attached hydrogens (tertiary/aromatic N) is 2. The lowest BCUT2D eigenvalue weighted by atomic mass is 9.94. The number of aromatic nitrogens is 2. The average Bonchev–Trinajstić information content (AvgIpc) is 2.51. The normalized spacial score (nSPS) is 15.7. The smallest absolute Gasteiger partial charge is 0.0537 e. The molecule has 2 atom stereocenters. The third-order valence-electron chi connectivity index (χ3n) is 2.47. The van der Waals surface area contributed by atoms with E-state index in [1.807, 2.05) is 19.4 Å². The summed E-state index contributed by atoms with van der Waals surface area (Å²) in [5, 5.41) is 4.12. The Balaban J connectivity index is 2.61. The topological polar surface area (TPSA) is 43.8 Å². The summed E-state index contributed by atoms with van der Waals surface area (Å²) in [6.07, 6.45) is 6.22. The second-order valence-corrected chi connectivity index (χ2v) is 3.74. The minimum absolute atomic E-state index is 0.133. The molecule has 0 saturated carbocycles. The maximum atomic E-state index is 6.08. The second kappa shape index (κ2) is 4.42. The van der Waals surface area contributed by atoms with Gasteiger partial charge in [-0.3, -0.25) is 4.68 Å². The largest absolute Gasteiger partial charge is 0.324 e. The molecule has 0 saturated heterocycles. The second-order valence-electron chi connectivity index (χ2n) is 3.74. The van der Waals surface area contributed by atoms with E-state index in [1.165, 1.54) is 12.8 Å². The Bertz CT molecular complexity index is 254. The number of rotatable bonds is 4. The summed E-state index contributed by atoms with van der Waals surface area (Å²) in [4.78, 5) is 0. The zero-order chi connectivity index (χ0) is 9.84. The lowest BCUT2D eigenvalue weighted by Crippen LogP contribution is -2.18. The van der Waals surface area contributed by atoms with Crippen LogP contribution in [0.1, 0.15) is 38.3 Å². The van der Waals surface area contributed by atoms with Crippen LogP contribution in [0.2, 0.25) is 0 Å². The van der Waals surface area contributed by atoms with E-state index < -0.39 is 0 Å². The van der Waals surface area contributed by atoms with Crippen molar-refractivity contribution < 1.29 is 0 Å². The van der Waals surface area contributed by atoms with E-state index in [4.69, 9.17) is 5.73 Å². The van der Waals surface area contributed by atoms with Crippen molar-refractivity contribution in [1.29, 1.82) is 0 Å². The highest BCUT2D eigenvalue weighted by atomic mass is 15.2. The zero-order valence-corrected chi connectivity index (χ0v) is 8.70. The van der Waals surface area contributed by atoms with E-state index in [0.717, 1.165) is 5.56 Å². The highest BCUT2D eigenvalue weighted by molar-refractivity contribution is 5.10. The molecule has 0 aliphatic carbocycles. The lowest BCUT2D eigenvalue weighted by molar-refractivity contribution is 0.433. The molecule has 0 aromatic carbocycles. The van der Waals surface area contributed by atoms with Gasteiger partial charge in [0.15, 0.2) is 0 Å². The molecule has 1 aromatic heterocycles. The molecule has 3 heteroatoms. The summed E-state index contributed by atoms with van der Waals surface area (Å²) >= 11 is 0. The molecular weight excluding hydrogens is 162 g/mol. The molecule has 74 valence electrons. The Morgan fingerprint density at radius 2 is 2.31 bits per heavy atom. The van der Waals surface area contributed by atoms with Gasteiger partial charge in [0, 0.05) is 24.8 Å². The number of aryl methyl sites for hydroxylation is 1. The zero-order valence-electron chi connectivity index (χ0n) is 8.70. The van der Waals surface area contributed by atoms with Gasteiger partial charge in [-0.15, -0.1) is 0 Å². The highest BCUT2D eigenvalue weighted by Crippen LogP contribution is 2.22. The third kappa shape index (κ3) is 2.56. The van der Waals surface area contributed by atoms with Crippen molar-refractivity contribution in [2.45, 2.75) is 32.7 Å². The molecule has 0 spiro atoms. The summed E-state index contributed by atoms with van der Waals surface area (Å²) in [7, 11) is 1.92. The van der Waals surface area contributed by atoms with Gasteiger partial charge in [0.05, 0.1) is 6.20 Å². The molecule has 13 heavy (non-hydrogen) atoms. The van der Waals surface area contributed by atoms with Gasteiger partial charge in [-0.2, -0.15) is 5.10 Å². The molecule has 0 bridgehead atoms. The van der Waals surface area contributed by atoms with Gasteiger partial charge in [0.2, 0.25) is 0 Å². The SMILES string of the molecule is CCCC(C)C(N)c1cnn(C)c1. The van der Waals surface area contributed by atoms with Gasteiger partial charge >= 0.3 is 0 Å². The highest BCUT2D eigenvalue weighted by Gasteiger charge is 2.14. The van der Waals surface area contributed by atoms with Gasteiger partial charge in [-0.05, 0) is 12.3 Å². The van der Waals surface area contributed by atoms with E-state index in [9.17, 15) is 0 Å². The van der Waals surface area contributed by atoms with Crippen LogP contribution in [0.4, 0.5) is 0 Å². The molecule has 0 radical (unpaired) electrons. The summed E-state index contributed by atoms with van der Waals surface area (Å²) in [6.45, 7) is 4.38. The predicted molar refractivity (Wildman–Crippen MR) is 54.2 cm³/mol. The van der Waals surface area contributed by atoms with Crippen LogP contribution in [0, 0.1) is 5.92 Å². The number of hydrogen-bond acceptors (Lipinski definition) is 2. The van der Waals surface area contributed by atoms with E-state index in [0.29, 0.717) is 5.92 Å². The molecule has 1 aromatic rings. The van der Waals surface area contributed by atoms with Crippen molar-refractivity contribution >= 4 is 0 Å². The summed E-state index contributed by atoms with van der Waals surface area (Å²) in [5.74, 6) is 0.536. The van der Waals surface area contributed by atoms with Crippen molar-refractivity contribution in [2.24, 2.45) is 18.7 Å². The van der Waals surface area contributed by atoms with E-state index in [1.54, 1.807) is 4.68 Å². The van der Waals surface area contributed by atoms with E-state index in [2.05, 4.69) is 18.9 Å². The van der Waals surface area contributed by atoms with Crippen LogP contribution in [0.15, 0.2) is 12.4 Å². The molecular formula is C10H19N3. The van der Waals surface area contributed by atoms with Crippen LogP contribution in [-0.2, 0) is 7.05 Å². The quantitative estimate of drug-likeness (QED) is 0.770. The van der Waals surface area contributed by atoms with Gasteiger partial charge in [-0.1, -0.05) is 20.3 Å². The maximum Gasteiger partial charge on any atom is 0.0537 e. The standard InChI is InChI=1S/C10H19N3/c1-4-5-8(2)10(11)9-6-12-13(3)7-9/h6-8,10H,4-5,11H2,1-3H3. The minimum Gasteiger partial charge on any atom is -0.324 e. The molecule has 0 fully saturated rings. The van der Waals surface area contributed by atoms with Crippen molar-refractivity contribution in [3.63, 3.8) is 0 Å². The van der Waals surface area contributed by atoms with Crippen LogP contribution in [0.3, 0.4) is 0 Å². The fraction of sp³-hybridized carbons (Fsp3) is 0.700. The average molecular weight is 181 g/mol. The monoisotopic (exact) mass is 181 g/mol. The lowest BCUT2D eigenvalue weighted by Gasteiger charge is -2.17. The first-order valence-electron chi connectivity index (χ1n) is 4.89. The number of nitrogens with two attached hydrogens (primary N) is 1. The van der Waals surface area contributed by atoms with Crippen LogP contribution >= 0.6 is 0 Å². The Hall–Kier alpha value is -0.830. The van der Waals surface area contributed by atoms with Crippen LogP contribution in [-0.4, -0.2) is 9.78 Å². The van der Waals surface area contributed by atoms with Gasteiger partial charge in [0.25, 0.3) is 0 Å². The maximum absolute atomic E-state index is 6.08. The van der Waals surface area contributed by atoms with Gasteiger partial charge in [0.1, 0.15) is 0 Å². The van der Waals surface area contributed by atoms with E-state index >= 15 is 0 Å². The van der Waals surface area contributed by atoms with Gasteiger partial charge < -0.3 is 5.73 Å². The molecule has 1 heterocycles. The fourth-order valence-corrected chi connectivity index (χ4v) is 1.58. The molecule has 1 rings (SSSR count). The Labute approximate surface area is 79.9 Å². The minimum atomic E-state index is 0.133. The Morgan fingerprint density at radius 3 is 2.77 bits per heavy atom. The number of hydrogen-bond donors (Lipinski definition) is 1. The van der Waals surface area contributed by atoms with Crippen molar-refractivity contribution in [3.05, 3.63) is 18.0 Å². The third-order valence-corrected chi connectivity index (χ3v) is 2.47. The molecule has 0 aliphatic rings. The van der Waals surface area contributed by atoms with Crippen LogP contribution < -0.4 is 5.73 Å². The first-order valence-corrected chi connectivity index (χ1v) is 4.89. The molecule has 0 amide bonds. The molecule has 2 unspecified atom stereocenters. The van der Waals surface area contributed by atoms with Crippen molar-refractivity contribution in [3.8, 4) is 0 Å². The molecule has 0 aliphatic heterocycles. The van der Waals surface area contributed by atoms with Crippen LogP contribution in [0.5, 0.6) is 0 Å². The molecule has 3 nitrogen and oxygen atoms in total. The van der Waals surface area contributed by atoms with E-state index in [-0.39, 0.29) is 6.04 Å². The van der Waals surface area contributed by atoms with Crippen molar-refractivity contribution in [1.82, 2.24) is 9.78 Å². The Kier molecular flexibility index (Phi) is 3.48. The first-order chi connectivity index (χ1) is 6.15.